The number of hydrogen-bond acceptors (Lipinski definition) is 7. The Labute approximate surface area is 285 Å². The smallest absolute Gasteiger partial charge is 0.414 e. The Hall–Kier alpha value is -3.05. The zero-order valence-electron chi connectivity index (χ0n) is 27.0. The zero-order chi connectivity index (χ0) is 33.6. The number of carbonyl (C=O) groups excluding carboxylic acids is 2. The number of alkyl halides is 3. The van der Waals surface area contributed by atoms with Gasteiger partial charge in [0.25, 0.3) is 14.2 Å². The molecule has 246 valence electrons. The largest absolute Gasteiger partial charge is 0.540 e. The van der Waals surface area contributed by atoms with Gasteiger partial charge < -0.3 is 18.8 Å². The fourth-order valence-corrected chi connectivity index (χ4v) is 12.4. The number of anilines is 1. The van der Waals surface area contributed by atoms with Gasteiger partial charge in [-0.15, -0.1) is 0 Å². The standard InChI is InChI=1S/C33H39Cl3N4O5Si/c1-19(2)46(20(3)4,21(5)6)45-30-15-28-25(14-29(30)43-7)31(41)39-16-23(22-8-9-26-27(13-22)38-11-10-37-26)12-24(39)17-40(28)32(42)44-18-33(34,35)36/h8-11,13-16,19-21,24H,12,17-18H2,1-7H3/t24-/m0/s1. The lowest BCUT2D eigenvalue weighted by atomic mass is 10.0. The molecule has 2 amide bonds. The molecule has 0 bridgehead atoms. The topological polar surface area (TPSA) is 94.1 Å². The van der Waals surface area contributed by atoms with Gasteiger partial charge in [-0.05, 0) is 52.4 Å². The average molecular weight is 706 g/mol. The first-order valence-corrected chi connectivity index (χ1v) is 18.6. The summed E-state index contributed by atoms with van der Waals surface area (Å²) in [5, 5.41) is 0. The highest BCUT2D eigenvalue weighted by Gasteiger charge is 2.48. The fourth-order valence-electron chi connectivity index (χ4n) is 6.98. The van der Waals surface area contributed by atoms with Crippen molar-refractivity contribution in [2.45, 2.75) is 74.4 Å². The summed E-state index contributed by atoms with van der Waals surface area (Å²) in [6.45, 7) is 12.8. The third-order valence-electron chi connectivity index (χ3n) is 8.99. The third kappa shape index (κ3) is 6.54. The molecule has 0 unspecified atom stereocenters. The van der Waals surface area contributed by atoms with E-state index in [0.717, 1.165) is 22.2 Å². The summed E-state index contributed by atoms with van der Waals surface area (Å²) >= 11 is 17.8. The highest BCUT2D eigenvalue weighted by atomic mass is 35.6. The summed E-state index contributed by atoms with van der Waals surface area (Å²) in [4.78, 5) is 39.9. The Kier molecular flexibility index (Phi) is 9.85. The molecule has 0 saturated carbocycles. The van der Waals surface area contributed by atoms with Crippen LogP contribution in [0.3, 0.4) is 0 Å². The molecule has 2 aliphatic heterocycles. The van der Waals surface area contributed by atoms with Crippen molar-refractivity contribution < 1.29 is 23.5 Å². The summed E-state index contributed by atoms with van der Waals surface area (Å²) < 4.78 is 16.5. The van der Waals surface area contributed by atoms with E-state index in [2.05, 4.69) is 51.5 Å². The number of rotatable bonds is 8. The normalized spacial score (nSPS) is 16.9. The highest BCUT2D eigenvalue weighted by Crippen LogP contribution is 2.47. The van der Waals surface area contributed by atoms with E-state index >= 15 is 0 Å². The molecule has 0 spiro atoms. The molecule has 46 heavy (non-hydrogen) atoms. The van der Waals surface area contributed by atoms with Crippen LogP contribution in [0.25, 0.3) is 16.6 Å². The number of nitrogens with zero attached hydrogens (tertiary/aromatic N) is 4. The summed E-state index contributed by atoms with van der Waals surface area (Å²) in [5.41, 5.74) is 4.81. The van der Waals surface area contributed by atoms with Gasteiger partial charge in [0.2, 0.25) is 3.79 Å². The lowest BCUT2D eigenvalue weighted by molar-refractivity contribution is 0.0793. The maximum absolute atomic E-state index is 14.3. The van der Waals surface area contributed by atoms with Crippen molar-refractivity contribution in [2.24, 2.45) is 0 Å². The number of benzene rings is 2. The van der Waals surface area contributed by atoms with Crippen molar-refractivity contribution in [3.05, 3.63) is 60.1 Å². The Bertz CT molecular complexity index is 1650. The predicted molar refractivity (Wildman–Crippen MR) is 186 cm³/mol. The van der Waals surface area contributed by atoms with Crippen LogP contribution in [-0.4, -0.2) is 65.3 Å². The summed E-state index contributed by atoms with van der Waals surface area (Å²) in [6, 6.07) is 8.81. The molecule has 1 atom stereocenters. The summed E-state index contributed by atoms with van der Waals surface area (Å²) in [5.74, 6) is 0.610. The van der Waals surface area contributed by atoms with Gasteiger partial charge in [-0.3, -0.25) is 19.7 Å². The fraction of sp³-hybridized carbons (Fsp3) is 0.455. The van der Waals surface area contributed by atoms with Crippen LogP contribution >= 0.6 is 34.8 Å². The van der Waals surface area contributed by atoms with Crippen LogP contribution in [0.5, 0.6) is 11.5 Å². The molecule has 0 N–H and O–H groups in total. The average Bonchev–Trinajstić information content (AvgIpc) is 3.39. The second kappa shape index (κ2) is 13.2. The van der Waals surface area contributed by atoms with Crippen LogP contribution in [0.4, 0.5) is 10.5 Å². The Balaban J connectivity index is 1.61. The highest BCUT2D eigenvalue weighted by molar-refractivity contribution is 6.78. The van der Waals surface area contributed by atoms with Gasteiger partial charge in [0.05, 0.1) is 42.0 Å². The molecular weight excluding hydrogens is 667 g/mol. The second-order valence-corrected chi connectivity index (χ2v) is 20.6. The van der Waals surface area contributed by atoms with Crippen molar-refractivity contribution in [3.8, 4) is 11.5 Å². The minimum atomic E-state index is -2.45. The molecule has 5 rings (SSSR count). The van der Waals surface area contributed by atoms with Crippen molar-refractivity contribution in [2.75, 3.05) is 25.2 Å². The maximum atomic E-state index is 14.3. The monoisotopic (exact) mass is 704 g/mol. The van der Waals surface area contributed by atoms with E-state index in [4.69, 9.17) is 48.7 Å². The first-order chi connectivity index (χ1) is 21.7. The van der Waals surface area contributed by atoms with Gasteiger partial charge in [0.1, 0.15) is 12.4 Å². The van der Waals surface area contributed by atoms with E-state index in [-0.39, 0.29) is 34.6 Å². The lowest BCUT2D eigenvalue weighted by Gasteiger charge is -2.42. The number of carbonyl (C=O) groups is 2. The number of amides is 2. The summed E-state index contributed by atoms with van der Waals surface area (Å²) in [6.07, 6.45) is 4.88. The maximum Gasteiger partial charge on any atom is 0.414 e. The van der Waals surface area contributed by atoms with Gasteiger partial charge in [-0.1, -0.05) is 82.4 Å². The van der Waals surface area contributed by atoms with E-state index in [9.17, 15) is 9.59 Å². The van der Waals surface area contributed by atoms with Crippen molar-refractivity contribution in [3.63, 3.8) is 0 Å². The first kappa shape index (κ1) is 34.3. The van der Waals surface area contributed by atoms with Crippen LogP contribution < -0.4 is 14.1 Å². The number of hydrogen-bond donors (Lipinski definition) is 0. The quantitative estimate of drug-likeness (QED) is 0.171. The zero-order valence-corrected chi connectivity index (χ0v) is 30.3. The molecule has 1 aromatic heterocycles. The molecule has 2 aromatic carbocycles. The van der Waals surface area contributed by atoms with Crippen molar-refractivity contribution in [1.82, 2.24) is 14.9 Å². The second-order valence-electron chi connectivity index (χ2n) is 12.7. The minimum absolute atomic E-state index is 0.137. The van der Waals surface area contributed by atoms with Crippen LogP contribution in [0.15, 0.2) is 48.9 Å². The number of halogens is 3. The molecule has 9 nitrogen and oxygen atoms in total. The molecule has 0 saturated heterocycles. The molecular formula is C33H39Cl3N4O5Si. The predicted octanol–water partition coefficient (Wildman–Crippen LogP) is 8.78. The summed E-state index contributed by atoms with van der Waals surface area (Å²) in [7, 11) is -0.904. The van der Waals surface area contributed by atoms with E-state index in [1.807, 2.05) is 24.4 Å². The Morgan fingerprint density at radius 3 is 2.24 bits per heavy atom. The van der Waals surface area contributed by atoms with Gasteiger partial charge >= 0.3 is 6.09 Å². The van der Waals surface area contributed by atoms with Gasteiger partial charge in [0.15, 0.2) is 5.75 Å². The number of methoxy groups -OCH3 is 1. The van der Waals surface area contributed by atoms with Crippen LogP contribution in [0.2, 0.25) is 16.6 Å². The molecule has 3 heterocycles. The SMILES string of the molecule is COc1cc2c(cc1O[Si](C(C)C)(C(C)C)C(C)C)N(C(=O)OCC(Cl)(Cl)Cl)C[C@@H]1CC(c3ccc4nccnc4c3)=CN1C2=O. The van der Waals surface area contributed by atoms with Crippen LogP contribution in [0.1, 0.15) is 63.9 Å². The van der Waals surface area contributed by atoms with Crippen LogP contribution in [0, 0.1) is 0 Å². The Morgan fingerprint density at radius 2 is 1.63 bits per heavy atom. The van der Waals surface area contributed by atoms with Crippen molar-refractivity contribution >= 4 is 77.4 Å². The molecule has 2 aliphatic rings. The number of ether oxygens (including phenoxy) is 2. The Morgan fingerprint density at radius 1 is 0.978 bits per heavy atom. The van der Waals surface area contributed by atoms with Crippen LogP contribution in [-0.2, 0) is 4.74 Å². The van der Waals surface area contributed by atoms with Crippen molar-refractivity contribution in [1.29, 1.82) is 0 Å². The van der Waals surface area contributed by atoms with Gasteiger partial charge in [0, 0.05) is 24.7 Å². The molecule has 0 aliphatic carbocycles. The molecule has 0 radical (unpaired) electrons. The molecule has 0 fully saturated rings. The van der Waals surface area contributed by atoms with E-state index < -0.39 is 30.9 Å². The van der Waals surface area contributed by atoms with Gasteiger partial charge in [-0.25, -0.2) is 4.79 Å². The molecule has 3 aromatic rings. The van der Waals surface area contributed by atoms with E-state index in [1.54, 1.807) is 36.5 Å². The first-order valence-electron chi connectivity index (χ1n) is 15.3. The van der Waals surface area contributed by atoms with E-state index in [0.29, 0.717) is 23.6 Å². The minimum Gasteiger partial charge on any atom is -0.540 e. The number of fused-ring (bicyclic) bond motifs is 3. The molecule has 13 heteroatoms. The van der Waals surface area contributed by atoms with Gasteiger partial charge in [-0.2, -0.15) is 0 Å². The van der Waals surface area contributed by atoms with E-state index in [1.165, 1.54) is 4.90 Å². The number of aromatic nitrogens is 2. The lowest BCUT2D eigenvalue weighted by Crippen LogP contribution is -2.50. The third-order valence-corrected chi connectivity index (χ3v) is 15.3.